The number of aliphatic carboxylic acids is 1. The van der Waals surface area contributed by atoms with Gasteiger partial charge in [0.1, 0.15) is 48.0 Å². The van der Waals surface area contributed by atoms with Crippen LogP contribution < -0.4 is 59.7 Å². The Hall–Kier alpha value is -6.95. The number of nitrogens with one attached hydrogen (secondary N) is 8. The Morgan fingerprint density at radius 2 is 1.12 bits per heavy atom. The summed E-state index contributed by atoms with van der Waals surface area (Å²) in [4.78, 5) is 124. The summed E-state index contributed by atoms with van der Waals surface area (Å²) in [6.07, 6.45) is 0.209. The predicted molar refractivity (Wildman–Crippen MR) is 273 cm³/mol. The first kappa shape index (κ1) is 61.2. The quantitative estimate of drug-likeness (QED) is 0.0183. The van der Waals surface area contributed by atoms with Gasteiger partial charge in [-0.15, -0.1) is 0 Å². The summed E-state index contributed by atoms with van der Waals surface area (Å²) >= 11 is 4.14. The van der Waals surface area contributed by atoms with Crippen molar-refractivity contribution in [2.24, 2.45) is 39.9 Å². The summed E-state index contributed by atoms with van der Waals surface area (Å²) < 4.78 is 0. The van der Waals surface area contributed by atoms with Gasteiger partial charge in [-0.05, 0) is 67.2 Å². The van der Waals surface area contributed by atoms with Gasteiger partial charge in [0.25, 0.3) is 0 Å². The molecule has 0 aliphatic carbocycles. The second-order valence-electron chi connectivity index (χ2n) is 18.5. The van der Waals surface area contributed by atoms with Gasteiger partial charge < -0.3 is 69.9 Å². The lowest BCUT2D eigenvalue weighted by atomic mass is 10.00. The van der Waals surface area contributed by atoms with E-state index in [4.69, 9.17) is 17.2 Å². The van der Waals surface area contributed by atoms with Crippen LogP contribution in [0.4, 0.5) is 0 Å². The Balaban J connectivity index is 2.29. The molecule has 0 fully saturated rings. The third kappa shape index (κ3) is 22.0. The van der Waals surface area contributed by atoms with Gasteiger partial charge in [0.2, 0.25) is 47.3 Å². The number of aromatic hydroxyl groups is 1. The van der Waals surface area contributed by atoms with Gasteiger partial charge in [-0.1, -0.05) is 84.0 Å². The van der Waals surface area contributed by atoms with Crippen molar-refractivity contribution in [3.8, 4) is 5.75 Å². The molecule has 0 saturated heterocycles. The van der Waals surface area contributed by atoms with Gasteiger partial charge in [0.15, 0.2) is 5.96 Å². The molecule has 2 aromatic carbocycles. The summed E-state index contributed by atoms with van der Waals surface area (Å²) in [5, 5.41) is 39.8. The molecule has 23 nitrogen and oxygen atoms in total. The number of hydrogen-bond acceptors (Lipinski definition) is 13. The molecule has 8 atom stereocenters. The maximum absolute atomic E-state index is 14.1. The Morgan fingerprint density at radius 1 is 0.597 bits per heavy atom. The van der Waals surface area contributed by atoms with E-state index in [0.717, 1.165) is 0 Å². The number of aliphatic imine (C=N–C) groups is 1. The molecule has 0 heterocycles. The van der Waals surface area contributed by atoms with Crippen molar-refractivity contribution in [2.45, 2.75) is 129 Å². The van der Waals surface area contributed by atoms with Crippen molar-refractivity contribution in [1.82, 2.24) is 42.5 Å². The van der Waals surface area contributed by atoms with Crippen LogP contribution in [0.3, 0.4) is 0 Å². The predicted octanol–water partition coefficient (Wildman–Crippen LogP) is -1.54. The number of thiol groups is 1. The average molecular weight is 1030 g/mol. The molecule has 72 heavy (non-hydrogen) atoms. The largest absolute Gasteiger partial charge is 0.508 e. The number of benzene rings is 2. The van der Waals surface area contributed by atoms with Crippen LogP contribution in [0.25, 0.3) is 0 Å². The number of hydrogen-bond donors (Lipinski definition) is 14. The molecule has 0 aliphatic rings. The minimum atomic E-state index is -1.32. The third-order valence-electron chi connectivity index (χ3n) is 11.1. The van der Waals surface area contributed by atoms with E-state index in [1.54, 1.807) is 84.0 Å². The fraction of sp³-hybridized carbons (Fsp3) is 0.542. The minimum absolute atomic E-state index is 0.00406. The number of phenolic OH excluding ortho intramolecular Hbond substituents is 1. The van der Waals surface area contributed by atoms with Crippen LogP contribution in [-0.2, 0) is 56.0 Å². The van der Waals surface area contributed by atoms with Crippen LogP contribution >= 0.6 is 12.6 Å². The van der Waals surface area contributed by atoms with Crippen molar-refractivity contribution in [1.29, 1.82) is 0 Å². The molecule has 0 aromatic heterocycles. The van der Waals surface area contributed by atoms with Crippen LogP contribution in [0, 0.1) is 17.8 Å². The highest BCUT2D eigenvalue weighted by Crippen LogP contribution is 2.13. The van der Waals surface area contributed by atoms with Crippen LogP contribution in [0.1, 0.15) is 78.9 Å². The van der Waals surface area contributed by atoms with E-state index in [9.17, 15) is 53.4 Å². The molecule has 0 unspecified atom stereocenters. The van der Waals surface area contributed by atoms with E-state index in [-0.39, 0.29) is 67.9 Å². The molecule has 16 N–H and O–H groups in total. The molecule has 0 spiro atoms. The smallest absolute Gasteiger partial charge is 0.326 e. The monoisotopic (exact) mass is 1030 g/mol. The lowest BCUT2D eigenvalue weighted by Crippen LogP contribution is -2.60. The molecule has 0 bridgehead atoms. The average Bonchev–Trinajstić information content (AvgIpc) is 3.31. The normalized spacial score (nSPS) is 14.4. The number of rotatable bonds is 30. The van der Waals surface area contributed by atoms with Gasteiger partial charge >= 0.3 is 5.97 Å². The molecule has 398 valence electrons. The fourth-order valence-corrected chi connectivity index (χ4v) is 7.16. The van der Waals surface area contributed by atoms with Gasteiger partial charge in [-0.25, -0.2) is 4.79 Å². The number of nitrogens with zero attached hydrogens (tertiary/aromatic N) is 1. The van der Waals surface area contributed by atoms with Crippen molar-refractivity contribution in [2.75, 3.05) is 18.8 Å². The highest BCUT2D eigenvalue weighted by Gasteiger charge is 2.34. The lowest BCUT2D eigenvalue weighted by Gasteiger charge is -2.28. The third-order valence-corrected chi connectivity index (χ3v) is 11.5. The molecule has 2 rings (SSSR count). The van der Waals surface area contributed by atoms with Crippen LogP contribution in [-0.4, -0.2) is 137 Å². The number of amides is 8. The maximum atomic E-state index is 14.1. The molecular formula is C48H74N12O11S. The first-order valence-electron chi connectivity index (χ1n) is 23.7. The molecule has 0 saturated carbocycles. The summed E-state index contributed by atoms with van der Waals surface area (Å²) in [5.41, 5.74) is 18.2. The van der Waals surface area contributed by atoms with E-state index in [0.29, 0.717) is 11.1 Å². The summed E-state index contributed by atoms with van der Waals surface area (Å²) in [5.74, 6) is -8.69. The van der Waals surface area contributed by atoms with Gasteiger partial charge in [-0.2, -0.15) is 12.6 Å². The zero-order valence-electron chi connectivity index (χ0n) is 41.9. The molecule has 8 amide bonds. The summed E-state index contributed by atoms with van der Waals surface area (Å²) in [6, 6.07) is 4.88. The molecule has 24 heteroatoms. The SMILES string of the molecule is CC(C)C[C@H](NC(=O)[C@H](CS)NC(=O)[C@H](C)NC(=O)[C@H](CCCN=C(N)N)NC(=O)[C@@H](NC(=O)[C@H](Cc1ccccc1)NC(=O)CNC(=O)[C@H](Cc1ccc(O)cc1)NC(=O)[C@@H](N)C(C)C)C(C)C)C(=O)O. The van der Waals surface area contributed by atoms with Gasteiger partial charge in [0.05, 0.1) is 12.6 Å². The van der Waals surface area contributed by atoms with Crippen LogP contribution in [0.5, 0.6) is 5.75 Å². The molecule has 0 aliphatic heterocycles. The van der Waals surface area contributed by atoms with Crippen molar-refractivity contribution >= 4 is 71.8 Å². The van der Waals surface area contributed by atoms with Gasteiger partial charge in [-0.3, -0.25) is 43.3 Å². The van der Waals surface area contributed by atoms with Crippen molar-refractivity contribution in [3.63, 3.8) is 0 Å². The van der Waals surface area contributed by atoms with E-state index in [2.05, 4.69) is 60.2 Å². The number of guanidine groups is 1. The van der Waals surface area contributed by atoms with E-state index < -0.39 is 114 Å². The zero-order valence-corrected chi connectivity index (χ0v) is 42.8. The van der Waals surface area contributed by atoms with Crippen molar-refractivity contribution < 1.29 is 53.4 Å². The molecular weight excluding hydrogens is 953 g/mol. The Kier molecular flexibility index (Phi) is 26.1. The summed E-state index contributed by atoms with van der Waals surface area (Å²) in [7, 11) is 0. The first-order valence-corrected chi connectivity index (χ1v) is 24.3. The minimum Gasteiger partial charge on any atom is -0.508 e. The van der Waals surface area contributed by atoms with Crippen LogP contribution in [0.2, 0.25) is 0 Å². The van der Waals surface area contributed by atoms with Crippen LogP contribution in [0.15, 0.2) is 59.6 Å². The number of carbonyl (C=O) groups excluding carboxylic acids is 8. The highest BCUT2D eigenvalue weighted by molar-refractivity contribution is 7.80. The lowest BCUT2D eigenvalue weighted by molar-refractivity contribution is -0.142. The highest BCUT2D eigenvalue weighted by atomic mass is 32.1. The standard InChI is InChI=1S/C48H74N12O11S/c1-25(2)20-35(47(70)71)58-44(67)36(24-72)59-40(63)28(7)54-42(65)32(14-11-19-52-48(50)51)56-46(69)39(27(5)6)60-43(66)34(21-29-12-9-8-10-13-29)55-37(62)23-53-41(64)33(57-45(68)38(49)26(3)4)22-30-15-17-31(61)18-16-30/h8-10,12-13,15-18,25-28,32-36,38-39,61,72H,11,14,19-24,49H2,1-7H3,(H,53,64)(H,54,65)(H,55,62)(H,56,69)(H,57,68)(H,58,67)(H,59,63)(H,60,66)(H,70,71)(H4,50,51,52)/t28-,32-,33-,34-,35-,36-,38-,39-/m0/s1. The fourth-order valence-electron chi connectivity index (χ4n) is 6.90. The van der Waals surface area contributed by atoms with E-state index >= 15 is 0 Å². The van der Waals surface area contributed by atoms with E-state index in [1.807, 2.05) is 0 Å². The first-order chi connectivity index (χ1) is 33.8. The second kappa shape index (κ2) is 30.7. The number of carbonyl (C=O) groups is 9. The Labute approximate surface area is 425 Å². The zero-order chi connectivity index (χ0) is 54.2. The van der Waals surface area contributed by atoms with E-state index in [1.165, 1.54) is 19.1 Å². The molecule has 0 radical (unpaired) electrons. The maximum Gasteiger partial charge on any atom is 0.326 e. The van der Waals surface area contributed by atoms with Crippen molar-refractivity contribution in [3.05, 3.63) is 65.7 Å². The topological polar surface area (TPSA) is 381 Å². The van der Waals surface area contributed by atoms with Gasteiger partial charge in [0, 0.05) is 25.1 Å². The second-order valence-corrected chi connectivity index (χ2v) is 18.8. The number of phenols is 1. The summed E-state index contributed by atoms with van der Waals surface area (Å²) in [6.45, 7) is 11.1. The molecule has 2 aromatic rings. The number of carboxylic acid groups (broad SMARTS) is 1. The Bertz CT molecular complexity index is 2180. The number of carboxylic acids is 1. The number of nitrogens with two attached hydrogens (primary N) is 3. The Morgan fingerprint density at radius 3 is 1.67 bits per heavy atom.